The average molecular weight is 139 g/mol. The quantitative estimate of drug-likeness (QED) is 0.568. The summed E-state index contributed by atoms with van der Waals surface area (Å²) in [6.45, 7) is 4.24. The summed E-state index contributed by atoms with van der Waals surface area (Å²) in [6.07, 6.45) is 5.05. The summed E-state index contributed by atoms with van der Waals surface area (Å²) < 4.78 is 0. The number of hydrogen-bond acceptors (Lipinski definition) is 2. The van der Waals surface area contributed by atoms with Crippen LogP contribution in [0.15, 0.2) is 23.9 Å². The molecule has 0 spiro atoms. The van der Waals surface area contributed by atoms with Crippen molar-refractivity contribution in [3.63, 3.8) is 0 Å². The monoisotopic (exact) mass is 139 g/mol. The highest BCUT2D eigenvalue weighted by Crippen LogP contribution is 2.12. The van der Waals surface area contributed by atoms with Gasteiger partial charge in [0.15, 0.2) is 0 Å². The first-order valence-electron chi connectivity index (χ1n) is 3.52. The first kappa shape index (κ1) is 7.35. The molecule has 0 radical (unpaired) electrons. The fourth-order valence-corrected chi connectivity index (χ4v) is 0.847. The second-order valence-electron chi connectivity index (χ2n) is 2.77. The van der Waals surface area contributed by atoms with Crippen LogP contribution < -0.4 is 5.32 Å². The Labute approximate surface area is 61.3 Å². The predicted octanol–water partition coefficient (Wildman–Crippen LogP) is 1.00. The van der Waals surface area contributed by atoms with Crippen molar-refractivity contribution in [1.82, 2.24) is 5.32 Å². The van der Waals surface area contributed by atoms with E-state index in [0.717, 1.165) is 0 Å². The summed E-state index contributed by atoms with van der Waals surface area (Å²) >= 11 is 0. The Hall–Kier alpha value is -0.760. The molecule has 0 amide bonds. The van der Waals surface area contributed by atoms with Crippen LogP contribution in [0, 0.1) is 5.92 Å². The maximum Gasteiger partial charge on any atom is 0.143 e. The standard InChI is InChI=1S/C8H13NO/c1-6(2)7-3-4-8(10)9-5-7/h3-6,8-10H,1-2H3. The zero-order valence-electron chi connectivity index (χ0n) is 6.33. The molecular weight excluding hydrogens is 126 g/mol. The van der Waals surface area contributed by atoms with Gasteiger partial charge in [0.2, 0.25) is 0 Å². The van der Waals surface area contributed by atoms with Crippen LogP contribution in [-0.2, 0) is 0 Å². The molecule has 1 atom stereocenters. The van der Waals surface area contributed by atoms with Gasteiger partial charge in [0, 0.05) is 6.20 Å². The predicted molar refractivity (Wildman–Crippen MR) is 41.2 cm³/mol. The number of allylic oxidation sites excluding steroid dienone is 2. The van der Waals surface area contributed by atoms with Gasteiger partial charge in [0.1, 0.15) is 6.23 Å². The van der Waals surface area contributed by atoms with E-state index in [-0.39, 0.29) is 0 Å². The maximum atomic E-state index is 8.97. The third-order valence-corrected chi connectivity index (χ3v) is 1.56. The highest BCUT2D eigenvalue weighted by atomic mass is 16.3. The molecule has 1 rings (SSSR count). The van der Waals surface area contributed by atoms with Gasteiger partial charge in [0.25, 0.3) is 0 Å². The second-order valence-corrected chi connectivity index (χ2v) is 2.77. The van der Waals surface area contributed by atoms with Crippen molar-refractivity contribution in [2.45, 2.75) is 20.1 Å². The summed E-state index contributed by atoms with van der Waals surface area (Å²) in [4.78, 5) is 0. The van der Waals surface area contributed by atoms with Crippen molar-refractivity contribution >= 4 is 0 Å². The van der Waals surface area contributed by atoms with Crippen LogP contribution in [-0.4, -0.2) is 11.3 Å². The normalized spacial score (nSPS) is 24.4. The molecule has 0 aromatic carbocycles. The van der Waals surface area contributed by atoms with Gasteiger partial charge in [-0.05, 0) is 17.6 Å². The molecule has 1 aliphatic rings. The minimum Gasteiger partial charge on any atom is -0.370 e. The summed E-state index contributed by atoms with van der Waals surface area (Å²) in [5.74, 6) is 0.524. The van der Waals surface area contributed by atoms with Gasteiger partial charge >= 0.3 is 0 Å². The zero-order chi connectivity index (χ0) is 7.56. The Balaban J connectivity index is 2.59. The first-order valence-corrected chi connectivity index (χ1v) is 3.52. The topological polar surface area (TPSA) is 32.3 Å². The molecular formula is C8H13NO. The van der Waals surface area contributed by atoms with E-state index in [0.29, 0.717) is 5.92 Å². The molecule has 0 saturated heterocycles. The zero-order valence-corrected chi connectivity index (χ0v) is 6.33. The Kier molecular flexibility index (Phi) is 2.12. The lowest BCUT2D eigenvalue weighted by atomic mass is 10.0. The molecule has 2 heteroatoms. The highest BCUT2D eigenvalue weighted by molar-refractivity contribution is 5.24. The van der Waals surface area contributed by atoms with Gasteiger partial charge < -0.3 is 10.4 Å². The maximum absolute atomic E-state index is 8.97. The number of aliphatic hydroxyl groups excluding tert-OH is 1. The van der Waals surface area contributed by atoms with Crippen LogP contribution in [0.2, 0.25) is 0 Å². The van der Waals surface area contributed by atoms with Crippen molar-refractivity contribution in [2.24, 2.45) is 5.92 Å². The second kappa shape index (κ2) is 2.88. The molecule has 1 unspecified atom stereocenters. The van der Waals surface area contributed by atoms with Crippen LogP contribution in [0.5, 0.6) is 0 Å². The number of nitrogens with one attached hydrogen (secondary N) is 1. The van der Waals surface area contributed by atoms with Gasteiger partial charge in [-0.25, -0.2) is 0 Å². The molecule has 0 aromatic rings. The number of dihydropyridines is 1. The minimum absolute atomic E-state index is 0.498. The third kappa shape index (κ3) is 1.61. The van der Waals surface area contributed by atoms with E-state index in [2.05, 4.69) is 19.2 Å². The number of aliphatic hydroxyl groups is 1. The Morgan fingerprint density at radius 1 is 1.60 bits per heavy atom. The van der Waals surface area contributed by atoms with Gasteiger partial charge in [-0.3, -0.25) is 0 Å². The van der Waals surface area contributed by atoms with E-state index in [1.165, 1.54) is 5.57 Å². The smallest absolute Gasteiger partial charge is 0.143 e. The summed E-state index contributed by atoms with van der Waals surface area (Å²) in [7, 11) is 0. The van der Waals surface area contributed by atoms with E-state index in [9.17, 15) is 0 Å². The van der Waals surface area contributed by atoms with Crippen LogP contribution in [0.1, 0.15) is 13.8 Å². The summed E-state index contributed by atoms with van der Waals surface area (Å²) in [5, 5.41) is 11.8. The van der Waals surface area contributed by atoms with Crippen molar-refractivity contribution in [1.29, 1.82) is 0 Å². The van der Waals surface area contributed by atoms with Crippen molar-refractivity contribution in [3.8, 4) is 0 Å². The molecule has 0 fully saturated rings. The van der Waals surface area contributed by atoms with Crippen molar-refractivity contribution < 1.29 is 5.11 Å². The van der Waals surface area contributed by atoms with Gasteiger partial charge in [-0.15, -0.1) is 0 Å². The molecule has 0 bridgehead atoms. The largest absolute Gasteiger partial charge is 0.370 e. The number of hydrogen-bond donors (Lipinski definition) is 2. The molecule has 10 heavy (non-hydrogen) atoms. The highest BCUT2D eigenvalue weighted by Gasteiger charge is 2.05. The van der Waals surface area contributed by atoms with Gasteiger partial charge in [-0.2, -0.15) is 0 Å². The van der Waals surface area contributed by atoms with E-state index in [1.807, 2.05) is 12.3 Å². The SMILES string of the molecule is CC(C)C1=CNC(O)C=C1. The molecule has 2 nitrogen and oxygen atoms in total. The molecule has 2 N–H and O–H groups in total. The van der Waals surface area contributed by atoms with Crippen LogP contribution >= 0.6 is 0 Å². The fraction of sp³-hybridized carbons (Fsp3) is 0.500. The lowest BCUT2D eigenvalue weighted by Crippen LogP contribution is -2.24. The molecule has 0 aliphatic carbocycles. The first-order chi connectivity index (χ1) is 4.70. The molecule has 1 aliphatic heterocycles. The van der Waals surface area contributed by atoms with E-state index < -0.39 is 6.23 Å². The Morgan fingerprint density at radius 2 is 2.30 bits per heavy atom. The average Bonchev–Trinajstić information content (AvgIpc) is 1.88. The molecule has 0 aromatic heterocycles. The van der Waals surface area contributed by atoms with E-state index in [1.54, 1.807) is 6.08 Å². The lowest BCUT2D eigenvalue weighted by molar-refractivity contribution is 0.200. The van der Waals surface area contributed by atoms with Crippen molar-refractivity contribution in [2.75, 3.05) is 0 Å². The van der Waals surface area contributed by atoms with E-state index >= 15 is 0 Å². The molecule has 1 heterocycles. The third-order valence-electron chi connectivity index (χ3n) is 1.56. The minimum atomic E-state index is -0.498. The van der Waals surface area contributed by atoms with Crippen molar-refractivity contribution in [3.05, 3.63) is 23.9 Å². The van der Waals surface area contributed by atoms with E-state index in [4.69, 9.17) is 5.11 Å². The molecule has 0 saturated carbocycles. The van der Waals surface area contributed by atoms with Crippen LogP contribution in [0.25, 0.3) is 0 Å². The molecule has 56 valence electrons. The Bertz CT molecular complexity index is 170. The summed E-state index contributed by atoms with van der Waals surface area (Å²) in [5.41, 5.74) is 1.23. The lowest BCUT2D eigenvalue weighted by Gasteiger charge is -2.15. The van der Waals surface area contributed by atoms with Crippen LogP contribution in [0.4, 0.5) is 0 Å². The fourth-order valence-electron chi connectivity index (χ4n) is 0.847. The summed E-state index contributed by atoms with van der Waals surface area (Å²) in [6, 6.07) is 0. The number of rotatable bonds is 1. The van der Waals surface area contributed by atoms with Crippen LogP contribution in [0.3, 0.4) is 0 Å². The van der Waals surface area contributed by atoms with Gasteiger partial charge in [-0.1, -0.05) is 19.9 Å². The van der Waals surface area contributed by atoms with Gasteiger partial charge in [0.05, 0.1) is 0 Å². The Morgan fingerprint density at radius 3 is 2.70 bits per heavy atom.